The summed E-state index contributed by atoms with van der Waals surface area (Å²) in [6, 6.07) is 9.63. The van der Waals surface area contributed by atoms with Gasteiger partial charge in [0, 0.05) is 19.6 Å². The lowest BCUT2D eigenvalue weighted by Gasteiger charge is -2.22. The molecular weight excluding hydrogens is 360 g/mol. The molecule has 0 saturated heterocycles. The van der Waals surface area contributed by atoms with Gasteiger partial charge in [-0.25, -0.2) is 13.2 Å². The van der Waals surface area contributed by atoms with Crippen molar-refractivity contribution in [2.75, 3.05) is 26.7 Å². The van der Waals surface area contributed by atoms with E-state index in [-0.39, 0.29) is 22.9 Å². The molecule has 0 saturated carbocycles. The number of carbonyl (C=O) groups excluding carboxylic acids is 1. The van der Waals surface area contributed by atoms with Gasteiger partial charge in [-0.05, 0) is 29.9 Å². The zero-order valence-electron chi connectivity index (χ0n) is 14.3. The Labute approximate surface area is 152 Å². The van der Waals surface area contributed by atoms with E-state index in [0.29, 0.717) is 18.5 Å². The minimum Gasteiger partial charge on any atom is -0.465 e. The molecule has 25 heavy (non-hydrogen) atoms. The third kappa shape index (κ3) is 4.46. The summed E-state index contributed by atoms with van der Waals surface area (Å²) in [4.78, 5) is 12.1. The second kappa shape index (κ2) is 8.57. The molecule has 1 aromatic carbocycles. The lowest BCUT2D eigenvalue weighted by atomic mass is 10.1. The zero-order chi connectivity index (χ0) is 18.4. The van der Waals surface area contributed by atoms with E-state index in [1.807, 2.05) is 30.3 Å². The maximum absolute atomic E-state index is 13.1. The Bertz CT molecular complexity index is 816. The minimum atomic E-state index is -3.84. The van der Waals surface area contributed by atoms with Crippen molar-refractivity contribution in [2.24, 2.45) is 5.73 Å². The molecule has 0 atom stereocenters. The SMILES string of the molecule is COC(=O)c1scc(C)c1S(=O)(=O)N(CCN)CCc1ccccc1. The second-order valence-electron chi connectivity index (χ2n) is 5.50. The van der Waals surface area contributed by atoms with Gasteiger partial charge in [-0.15, -0.1) is 11.3 Å². The standard InChI is InChI=1S/C17H22N2O4S2/c1-13-12-24-15(17(20)23-2)16(13)25(21,22)19(11-9-18)10-8-14-6-4-3-5-7-14/h3-7,12H,8-11,18H2,1-2H3. The predicted octanol–water partition coefficient (Wildman–Crippen LogP) is 2.04. The van der Waals surface area contributed by atoms with Crippen molar-refractivity contribution in [2.45, 2.75) is 18.2 Å². The molecule has 0 bridgehead atoms. The number of nitrogens with two attached hydrogens (primary N) is 1. The monoisotopic (exact) mass is 382 g/mol. The second-order valence-corrected chi connectivity index (χ2v) is 8.25. The summed E-state index contributed by atoms with van der Waals surface area (Å²) in [5.41, 5.74) is 7.19. The summed E-state index contributed by atoms with van der Waals surface area (Å²) in [5, 5.41) is 1.65. The molecule has 1 heterocycles. The van der Waals surface area contributed by atoms with E-state index in [2.05, 4.69) is 0 Å². The number of ether oxygens (including phenoxy) is 1. The molecule has 2 rings (SSSR count). The van der Waals surface area contributed by atoms with Crippen LogP contribution in [0.1, 0.15) is 20.8 Å². The Morgan fingerprint density at radius 3 is 2.52 bits per heavy atom. The van der Waals surface area contributed by atoms with Crippen molar-refractivity contribution in [3.8, 4) is 0 Å². The van der Waals surface area contributed by atoms with Crippen LogP contribution >= 0.6 is 11.3 Å². The van der Waals surface area contributed by atoms with E-state index < -0.39 is 16.0 Å². The molecular formula is C17H22N2O4S2. The number of nitrogens with zero attached hydrogens (tertiary/aromatic N) is 1. The molecule has 1 aromatic heterocycles. The van der Waals surface area contributed by atoms with Crippen LogP contribution in [0, 0.1) is 6.92 Å². The molecule has 0 amide bonds. The normalized spacial score (nSPS) is 11.7. The first kappa shape index (κ1) is 19.6. The van der Waals surface area contributed by atoms with Crippen LogP contribution in [0.15, 0.2) is 40.6 Å². The van der Waals surface area contributed by atoms with Crippen molar-refractivity contribution >= 4 is 27.3 Å². The number of sulfonamides is 1. The van der Waals surface area contributed by atoms with E-state index in [9.17, 15) is 13.2 Å². The number of benzene rings is 1. The van der Waals surface area contributed by atoms with Gasteiger partial charge in [0.1, 0.15) is 9.77 Å². The highest BCUT2D eigenvalue weighted by Crippen LogP contribution is 2.30. The molecule has 8 heteroatoms. The van der Waals surface area contributed by atoms with Crippen molar-refractivity contribution in [3.05, 3.63) is 51.7 Å². The molecule has 2 N–H and O–H groups in total. The van der Waals surface area contributed by atoms with E-state index in [0.717, 1.165) is 16.9 Å². The summed E-state index contributed by atoms with van der Waals surface area (Å²) < 4.78 is 32.3. The van der Waals surface area contributed by atoms with Crippen LogP contribution in [-0.4, -0.2) is 45.4 Å². The molecule has 136 valence electrons. The molecule has 0 fully saturated rings. The molecule has 0 aliphatic heterocycles. The number of hydrogen-bond acceptors (Lipinski definition) is 6. The number of esters is 1. The molecule has 6 nitrogen and oxygen atoms in total. The van der Waals surface area contributed by atoms with Gasteiger partial charge in [-0.3, -0.25) is 0 Å². The molecule has 0 aliphatic rings. The van der Waals surface area contributed by atoms with Gasteiger partial charge in [-0.2, -0.15) is 4.31 Å². The summed E-state index contributed by atoms with van der Waals surface area (Å²) >= 11 is 1.07. The van der Waals surface area contributed by atoms with Crippen molar-refractivity contribution in [3.63, 3.8) is 0 Å². The molecule has 0 unspecified atom stereocenters. The highest BCUT2D eigenvalue weighted by molar-refractivity contribution is 7.89. The number of aryl methyl sites for hydroxylation is 1. The molecule has 0 radical (unpaired) electrons. The van der Waals surface area contributed by atoms with Gasteiger partial charge < -0.3 is 10.5 Å². The smallest absolute Gasteiger partial charge is 0.349 e. The first-order chi connectivity index (χ1) is 11.9. The van der Waals surface area contributed by atoms with Crippen molar-refractivity contribution in [1.82, 2.24) is 4.31 Å². The van der Waals surface area contributed by atoms with Gasteiger partial charge in [0.2, 0.25) is 10.0 Å². The molecule has 0 spiro atoms. The number of thiophene rings is 1. The number of rotatable bonds is 8. The van der Waals surface area contributed by atoms with Gasteiger partial charge in [0.15, 0.2) is 0 Å². The maximum atomic E-state index is 13.1. The van der Waals surface area contributed by atoms with Crippen LogP contribution < -0.4 is 5.73 Å². The Morgan fingerprint density at radius 1 is 1.24 bits per heavy atom. The number of methoxy groups -OCH3 is 1. The van der Waals surface area contributed by atoms with Crippen LogP contribution in [0.4, 0.5) is 0 Å². The third-order valence-corrected chi connectivity index (χ3v) is 7.05. The lowest BCUT2D eigenvalue weighted by molar-refractivity contribution is 0.0602. The largest absolute Gasteiger partial charge is 0.465 e. The molecule has 2 aromatic rings. The van der Waals surface area contributed by atoms with Crippen LogP contribution in [-0.2, 0) is 21.2 Å². The summed E-state index contributed by atoms with van der Waals surface area (Å²) in [5.74, 6) is -0.646. The van der Waals surface area contributed by atoms with Crippen LogP contribution in [0.5, 0.6) is 0 Å². The number of hydrogen-bond donors (Lipinski definition) is 1. The Kier molecular flexibility index (Phi) is 6.71. The van der Waals surface area contributed by atoms with E-state index in [1.54, 1.807) is 12.3 Å². The highest BCUT2D eigenvalue weighted by Gasteiger charge is 2.32. The third-order valence-electron chi connectivity index (χ3n) is 3.76. The van der Waals surface area contributed by atoms with E-state index in [1.165, 1.54) is 11.4 Å². The Balaban J connectivity index is 2.33. The average Bonchev–Trinajstić information content (AvgIpc) is 3.01. The maximum Gasteiger partial charge on any atom is 0.349 e. The Morgan fingerprint density at radius 2 is 1.92 bits per heavy atom. The first-order valence-corrected chi connectivity index (χ1v) is 10.1. The fraction of sp³-hybridized carbons (Fsp3) is 0.353. The predicted molar refractivity (Wildman–Crippen MR) is 98.4 cm³/mol. The summed E-state index contributed by atoms with van der Waals surface area (Å²) in [6.07, 6.45) is 0.566. The van der Waals surface area contributed by atoms with E-state index >= 15 is 0 Å². The minimum absolute atomic E-state index is 0.0193. The van der Waals surface area contributed by atoms with Gasteiger partial charge >= 0.3 is 5.97 Å². The van der Waals surface area contributed by atoms with E-state index in [4.69, 9.17) is 10.5 Å². The van der Waals surface area contributed by atoms with Crippen LogP contribution in [0.3, 0.4) is 0 Å². The van der Waals surface area contributed by atoms with Crippen LogP contribution in [0.2, 0.25) is 0 Å². The summed E-state index contributed by atoms with van der Waals surface area (Å²) in [7, 11) is -2.61. The quantitative estimate of drug-likeness (QED) is 0.706. The van der Waals surface area contributed by atoms with Crippen molar-refractivity contribution < 1.29 is 17.9 Å². The van der Waals surface area contributed by atoms with Gasteiger partial charge in [-0.1, -0.05) is 30.3 Å². The van der Waals surface area contributed by atoms with Gasteiger partial charge in [0.05, 0.1) is 7.11 Å². The average molecular weight is 383 g/mol. The zero-order valence-corrected chi connectivity index (χ0v) is 15.9. The summed E-state index contributed by atoms with van der Waals surface area (Å²) in [6.45, 7) is 2.35. The molecule has 0 aliphatic carbocycles. The van der Waals surface area contributed by atoms with Crippen molar-refractivity contribution in [1.29, 1.82) is 0 Å². The fourth-order valence-corrected chi connectivity index (χ4v) is 5.63. The van der Waals surface area contributed by atoms with Gasteiger partial charge in [0.25, 0.3) is 0 Å². The number of carbonyl (C=O) groups is 1. The lowest BCUT2D eigenvalue weighted by Crippen LogP contribution is -2.37. The Hall–Kier alpha value is -1.74. The fourth-order valence-electron chi connectivity index (χ4n) is 2.51. The first-order valence-electron chi connectivity index (χ1n) is 7.82. The highest BCUT2D eigenvalue weighted by atomic mass is 32.2. The van der Waals surface area contributed by atoms with Crippen LogP contribution in [0.25, 0.3) is 0 Å². The topological polar surface area (TPSA) is 89.7 Å².